The fourth-order valence-corrected chi connectivity index (χ4v) is 1.24. The van der Waals surface area contributed by atoms with Gasteiger partial charge in [0.2, 0.25) is 5.91 Å². The first-order valence-electron chi connectivity index (χ1n) is 5.45. The second kappa shape index (κ2) is 4.81. The maximum Gasteiger partial charge on any atom is 0.246 e. The monoisotopic (exact) mass is 274 g/mol. The van der Waals surface area contributed by atoms with E-state index in [9.17, 15) is 9.00 Å². The Balaban J connectivity index is 2.84. The van der Waals surface area contributed by atoms with Crippen LogP contribution in [0.5, 0.6) is 0 Å². The van der Waals surface area contributed by atoms with Gasteiger partial charge in [-0.05, 0) is 13.8 Å². The lowest BCUT2D eigenvalue weighted by Gasteiger charge is -2.17. The minimum Gasteiger partial charge on any atom is -0.359 e. The standard InChI is InChI=1S/C11H18N2O4S/c1-10(2,3)7-6-8(13-17-7)12-9(14)11(4,5)18(15)16/h6H,1-5H3,(H,15,16)(H,12,13,14). The van der Waals surface area contributed by atoms with Crippen molar-refractivity contribution in [1.29, 1.82) is 0 Å². The Morgan fingerprint density at radius 2 is 1.94 bits per heavy atom. The fourth-order valence-electron chi connectivity index (χ4n) is 1.03. The van der Waals surface area contributed by atoms with Crippen molar-refractivity contribution in [2.45, 2.75) is 44.8 Å². The van der Waals surface area contributed by atoms with Gasteiger partial charge in [0.15, 0.2) is 16.9 Å². The van der Waals surface area contributed by atoms with E-state index in [2.05, 4.69) is 10.5 Å². The molecule has 7 heteroatoms. The molecule has 0 fully saturated rings. The fraction of sp³-hybridized carbons (Fsp3) is 0.636. The molecule has 1 atom stereocenters. The lowest BCUT2D eigenvalue weighted by atomic mass is 9.93. The van der Waals surface area contributed by atoms with Gasteiger partial charge < -0.3 is 14.4 Å². The highest BCUT2D eigenvalue weighted by Gasteiger charge is 2.35. The number of nitrogens with one attached hydrogen (secondary N) is 1. The van der Waals surface area contributed by atoms with Gasteiger partial charge in [-0.3, -0.25) is 4.79 Å². The van der Waals surface area contributed by atoms with Gasteiger partial charge in [0, 0.05) is 11.5 Å². The Labute approximate surface area is 108 Å². The maximum absolute atomic E-state index is 11.8. The zero-order valence-corrected chi connectivity index (χ0v) is 11.9. The Kier molecular flexibility index (Phi) is 3.97. The average Bonchev–Trinajstić information content (AvgIpc) is 2.65. The van der Waals surface area contributed by atoms with Gasteiger partial charge in [-0.15, -0.1) is 0 Å². The van der Waals surface area contributed by atoms with Crippen LogP contribution < -0.4 is 5.32 Å². The van der Waals surface area contributed by atoms with Crippen LogP contribution in [-0.4, -0.2) is 24.6 Å². The van der Waals surface area contributed by atoms with Crippen LogP contribution in [0.1, 0.15) is 40.4 Å². The molecule has 0 radical (unpaired) electrons. The van der Waals surface area contributed by atoms with E-state index in [0.29, 0.717) is 5.76 Å². The van der Waals surface area contributed by atoms with Crippen molar-refractivity contribution in [3.8, 4) is 0 Å². The minimum atomic E-state index is -2.26. The highest BCUT2D eigenvalue weighted by atomic mass is 32.2. The summed E-state index contributed by atoms with van der Waals surface area (Å²) in [7, 11) is 0. The molecular weight excluding hydrogens is 256 g/mol. The normalized spacial score (nSPS) is 14.3. The van der Waals surface area contributed by atoms with Crippen LogP contribution in [-0.2, 0) is 21.3 Å². The number of hydrogen-bond acceptors (Lipinski definition) is 4. The SMILES string of the molecule is CC(C)(C)c1cc(NC(=O)C(C)(C)S(=O)O)no1. The van der Waals surface area contributed by atoms with Gasteiger partial charge in [-0.25, -0.2) is 4.21 Å². The summed E-state index contributed by atoms with van der Waals surface area (Å²) in [4.78, 5) is 11.8. The summed E-state index contributed by atoms with van der Waals surface area (Å²) in [5.41, 5.74) is -0.217. The molecule has 2 N–H and O–H groups in total. The number of carbonyl (C=O) groups excluding carboxylic acids is 1. The summed E-state index contributed by atoms with van der Waals surface area (Å²) in [6, 6.07) is 1.61. The lowest BCUT2D eigenvalue weighted by molar-refractivity contribution is -0.117. The Morgan fingerprint density at radius 3 is 2.33 bits per heavy atom. The molecule has 1 aromatic rings. The van der Waals surface area contributed by atoms with Crippen LogP contribution in [0.4, 0.5) is 5.82 Å². The van der Waals surface area contributed by atoms with E-state index in [0.717, 1.165) is 0 Å². The van der Waals surface area contributed by atoms with Crippen LogP contribution in [0.3, 0.4) is 0 Å². The molecule has 0 aromatic carbocycles. The number of anilines is 1. The molecule has 1 unspecified atom stereocenters. The van der Waals surface area contributed by atoms with Gasteiger partial charge in [0.1, 0.15) is 10.5 Å². The number of nitrogens with zero attached hydrogens (tertiary/aromatic N) is 1. The summed E-state index contributed by atoms with van der Waals surface area (Å²) in [6.45, 7) is 8.61. The number of rotatable bonds is 3. The zero-order chi connectivity index (χ0) is 14.1. The van der Waals surface area contributed by atoms with Crippen LogP contribution in [0, 0.1) is 0 Å². The largest absolute Gasteiger partial charge is 0.359 e. The molecule has 1 amide bonds. The van der Waals surface area contributed by atoms with E-state index in [4.69, 9.17) is 9.08 Å². The van der Waals surface area contributed by atoms with E-state index >= 15 is 0 Å². The average molecular weight is 274 g/mol. The summed E-state index contributed by atoms with van der Waals surface area (Å²) in [5.74, 6) is 0.279. The molecule has 0 saturated heterocycles. The topological polar surface area (TPSA) is 92.4 Å². The van der Waals surface area contributed by atoms with Gasteiger partial charge in [0.25, 0.3) is 0 Å². The Morgan fingerprint density at radius 1 is 1.39 bits per heavy atom. The molecule has 0 aliphatic heterocycles. The summed E-state index contributed by atoms with van der Waals surface area (Å²) in [6.07, 6.45) is 0. The van der Waals surface area contributed by atoms with Crippen molar-refractivity contribution < 1.29 is 18.1 Å². The molecule has 0 spiro atoms. The molecule has 0 aliphatic rings. The Bertz CT molecular complexity index is 474. The molecule has 0 saturated carbocycles. The first-order chi connectivity index (χ1) is 8.05. The third kappa shape index (κ3) is 3.17. The number of aromatic nitrogens is 1. The molecule has 0 bridgehead atoms. The molecule has 1 rings (SSSR count). The molecular formula is C11H18N2O4S. The highest BCUT2D eigenvalue weighted by molar-refractivity contribution is 7.81. The molecule has 0 aliphatic carbocycles. The Hall–Kier alpha value is -1.21. The predicted octanol–water partition coefficient (Wildman–Crippen LogP) is 1.91. The van der Waals surface area contributed by atoms with E-state index in [1.54, 1.807) is 6.07 Å². The van der Waals surface area contributed by atoms with Crippen LogP contribution in [0.2, 0.25) is 0 Å². The van der Waals surface area contributed by atoms with Gasteiger partial charge in [-0.2, -0.15) is 0 Å². The second-order valence-corrected chi connectivity index (χ2v) is 7.06. The highest BCUT2D eigenvalue weighted by Crippen LogP contribution is 2.25. The molecule has 1 aromatic heterocycles. The number of carbonyl (C=O) groups is 1. The van der Waals surface area contributed by atoms with Gasteiger partial charge >= 0.3 is 0 Å². The van der Waals surface area contributed by atoms with Crippen molar-refractivity contribution in [3.63, 3.8) is 0 Å². The van der Waals surface area contributed by atoms with Crippen LogP contribution in [0.25, 0.3) is 0 Å². The number of amides is 1. The number of hydrogen-bond donors (Lipinski definition) is 2. The van der Waals surface area contributed by atoms with E-state index in [1.807, 2.05) is 20.8 Å². The van der Waals surface area contributed by atoms with Crippen LogP contribution >= 0.6 is 0 Å². The van der Waals surface area contributed by atoms with Crippen molar-refractivity contribution in [1.82, 2.24) is 5.16 Å². The van der Waals surface area contributed by atoms with E-state index in [-0.39, 0.29) is 11.2 Å². The van der Waals surface area contributed by atoms with Crippen LogP contribution in [0.15, 0.2) is 10.6 Å². The molecule has 6 nitrogen and oxygen atoms in total. The van der Waals surface area contributed by atoms with Crippen molar-refractivity contribution in [2.75, 3.05) is 5.32 Å². The molecule has 1 heterocycles. The second-order valence-electron chi connectivity index (χ2n) is 5.54. The third-order valence-corrected chi connectivity index (χ3v) is 3.53. The first-order valence-corrected chi connectivity index (χ1v) is 6.55. The first kappa shape index (κ1) is 14.8. The van der Waals surface area contributed by atoms with E-state index in [1.165, 1.54) is 13.8 Å². The summed E-state index contributed by atoms with van der Waals surface area (Å²) in [5, 5.41) is 6.17. The molecule has 102 valence electrons. The van der Waals surface area contributed by atoms with Gasteiger partial charge in [-0.1, -0.05) is 25.9 Å². The molecule has 18 heavy (non-hydrogen) atoms. The maximum atomic E-state index is 11.8. The quantitative estimate of drug-likeness (QED) is 0.821. The zero-order valence-electron chi connectivity index (χ0n) is 11.1. The minimum absolute atomic E-state index is 0.217. The van der Waals surface area contributed by atoms with Gasteiger partial charge in [0.05, 0.1) is 0 Å². The van der Waals surface area contributed by atoms with Crippen molar-refractivity contribution in [2.24, 2.45) is 0 Å². The van der Waals surface area contributed by atoms with E-state index < -0.39 is 21.7 Å². The third-order valence-electron chi connectivity index (χ3n) is 2.47. The predicted molar refractivity (Wildman–Crippen MR) is 68.7 cm³/mol. The van der Waals surface area contributed by atoms with Crippen molar-refractivity contribution >= 4 is 22.8 Å². The summed E-state index contributed by atoms with van der Waals surface area (Å²) >= 11 is -2.26. The van der Waals surface area contributed by atoms with Crippen molar-refractivity contribution in [3.05, 3.63) is 11.8 Å². The smallest absolute Gasteiger partial charge is 0.246 e. The lowest BCUT2D eigenvalue weighted by Crippen LogP contribution is -2.41. The summed E-state index contributed by atoms with van der Waals surface area (Å²) < 4.78 is 23.8.